The first kappa shape index (κ1) is 22.2. The fourth-order valence-corrected chi connectivity index (χ4v) is 2.96. The lowest BCUT2D eigenvalue weighted by Gasteiger charge is -2.45. The minimum Gasteiger partial charge on any atom is -0.394 e. The number of aliphatic hydroxyl groups excluding tert-OH is 7. The lowest BCUT2D eigenvalue weighted by atomic mass is 9.97. The van der Waals surface area contributed by atoms with Crippen molar-refractivity contribution in [3.63, 3.8) is 0 Å². The first-order chi connectivity index (χ1) is 12.3. The van der Waals surface area contributed by atoms with Crippen LogP contribution in [0.25, 0.3) is 0 Å². The molecule has 2 aliphatic rings. The van der Waals surface area contributed by atoms with Gasteiger partial charge in [-0.15, -0.1) is 0 Å². The Balaban J connectivity index is 2.13. The molecule has 5 unspecified atom stereocenters. The van der Waals surface area contributed by atoms with E-state index in [4.69, 9.17) is 18.9 Å². The summed E-state index contributed by atoms with van der Waals surface area (Å²) in [6, 6.07) is 0. The largest absolute Gasteiger partial charge is 0.394 e. The Morgan fingerprint density at radius 2 is 1.31 bits per heavy atom. The molecule has 154 valence electrons. The molecule has 2 aliphatic heterocycles. The van der Waals surface area contributed by atoms with Gasteiger partial charge in [0.2, 0.25) is 0 Å². The lowest BCUT2D eigenvalue weighted by molar-refractivity contribution is -0.359. The molecule has 0 spiro atoms. The van der Waals surface area contributed by atoms with Crippen molar-refractivity contribution in [1.29, 1.82) is 0 Å². The van der Waals surface area contributed by atoms with Crippen LogP contribution in [0.3, 0.4) is 0 Å². The summed E-state index contributed by atoms with van der Waals surface area (Å²) < 4.78 is 21.2. The van der Waals surface area contributed by atoms with E-state index in [1.807, 2.05) is 0 Å². The number of ether oxygens (including phenoxy) is 4. The fourth-order valence-electron chi connectivity index (χ4n) is 2.86. The van der Waals surface area contributed by atoms with E-state index >= 15 is 0 Å². The molecule has 0 radical (unpaired) electrons. The molecule has 0 saturated carbocycles. The van der Waals surface area contributed by atoms with E-state index in [0.717, 1.165) is 0 Å². The first-order valence-corrected chi connectivity index (χ1v) is 8.79. The zero-order valence-corrected chi connectivity index (χ0v) is 14.7. The Morgan fingerprint density at radius 3 is 1.88 bits per heavy atom. The van der Waals surface area contributed by atoms with Crippen LogP contribution in [0.4, 0.5) is 0 Å². The van der Waals surface area contributed by atoms with Gasteiger partial charge < -0.3 is 54.7 Å². The minimum atomic E-state index is -1.71. The molecule has 0 aromatic rings. The smallest absolute Gasteiger partial charge is 0.187 e. The van der Waals surface area contributed by atoms with E-state index in [1.165, 1.54) is 0 Å². The normalized spacial score (nSPS) is 47.1. The Bertz CT molecular complexity index is 428. The number of rotatable bonds is 7. The minimum absolute atomic E-state index is 0.117. The third-order valence-corrected chi connectivity index (χ3v) is 4.52. The summed E-state index contributed by atoms with van der Waals surface area (Å²) in [5, 5.41) is 68.8. The average Bonchev–Trinajstić information content (AvgIpc) is 2.64. The van der Waals surface area contributed by atoms with Gasteiger partial charge in [0.15, 0.2) is 12.6 Å². The average molecular weight is 402 g/mol. The molecule has 2 fully saturated rings. The predicted octanol–water partition coefficient (Wildman–Crippen LogP) is -4.44. The van der Waals surface area contributed by atoms with Crippen LogP contribution in [0, 0.1) is 0 Å². The second kappa shape index (κ2) is 9.91. The highest BCUT2D eigenvalue weighted by atomic mass is 32.1. The summed E-state index contributed by atoms with van der Waals surface area (Å²) >= 11 is 3.97. The lowest BCUT2D eigenvalue weighted by Crippen LogP contribution is -2.64. The van der Waals surface area contributed by atoms with Crippen LogP contribution in [-0.4, -0.2) is 123 Å². The Hall–Kier alpha value is -0.0900. The van der Waals surface area contributed by atoms with Gasteiger partial charge in [0, 0.05) is 5.75 Å². The molecule has 26 heavy (non-hydrogen) atoms. The number of aliphatic hydroxyl groups is 7. The zero-order valence-electron chi connectivity index (χ0n) is 13.8. The summed E-state index contributed by atoms with van der Waals surface area (Å²) in [6.45, 7) is -1.13. The molecule has 2 saturated heterocycles. The van der Waals surface area contributed by atoms with E-state index in [0.29, 0.717) is 5.75 Å². The van der Waals surface area contributed by atoms with Gasteiger partial charge in [-0.05, 0) is 0 Å². The Kier molecular flexibility index (Phi) is 8.46. The Morgan fingerprint density at radius 1 is 0.731 bits per heavy atom. The second-order valence-electron chi connectivity index (χ2n) is 6.10. The van der Waals surface area contributed by atoms with Crippen LogP contribution in [0.2, 0.25) is 0 Å². The van der Waals surface area contributed by atoms with Crippen molar-refractivity contribution in [3.8, 4) is 0 Å². The molecular weight excluding hydrogens is 376 g/mol. The molecule has 0 bridgehead atoms. The van der Waals surface area contributed by atoms with Crippen LogP contribution >= 0.6 is 12.6 Å². The summed E-state index contributed by atoms with van der Waals surface area (Å²) in [5.41, 5.74) is 0. The van der Waals surface area contributed by atoms with Crippen LogP contribution in [0.15, 0.2) is 0 Å². The maximum Gasteiger partial charge on any atom is 0.187 e. The topological polar surface area (TPSA) is 179 Å². The van der Waals surface area contributed by atoms with Crippen molar-refractivity contribution in [2.45, 2.75) is 61.4 Å². The highest BCUT2D eigenvalue weighted by Gasteiger charge is 2.50. The van der Waals surface area contributed by atoms with E-state index < -0.39 is 74.6 Å². The summed E-state index contributed by atoms with van der Waals surface area (Å²) in [5.74, 6) is 0.331. The van der Waals surface area contributed by atoms with Gasteiger partial charge >= 0.3 is 0 Å². The van der Waals surface area contributed by atoms with Gasteiger partial charge in [-0.1, -0.05) is 0 Å². The van der Waals surface area contributed by atoms with Gasteiger partial charge in [0.25, 0.3) is 0 Å². The van der Waals surface area contributed by atoms with Gasteiger partial charge in [-0.2, -0.15) is 12.6 Å². The van der Waals surface area contributed by atoms with Crippen molar-refractivity contribution < 1.29 is 54.7 Å². The van der Waals surface area contributed by atoms with Crippen molar-refractivity contribution >= 4 is 12.6 Å². The second-order valence-corrected chi connectivity index (χ2v) is 6.55. The summed E-state index contributed by atoms with van der Waals surface area (Å²) in [4.78, 5) is 0. The van der Waals surface area contributed by atoms with Crippen molar-refractivity contribution in [2.24, 2.45) is 0 Å². The molecular formula is C14H26O11S. The molecule has 0 aliphatic carbocycles. The van der Waals surface area contributed by atoms with E-state index in [2.05, 4.69) is 12.6 Å². The molecule has 0 aromatic carbocycles. The predicted molar refractivity (Wildman–Crippen MR) is 86.2 cm³/mol. The van der Waals surface area contributed by atoms with Crippen molar-refractivity contribution in [3.05, 3.63) is 0 Å². The van der Waals surface area contributed by atoms with Crippen molar-refractivity contribution in [2.75, 3.05) is 25.6 Å². The summed E-state index contributed by atoms with van der Waals surface area (Å²) in [6.07, 6.45) is -14.5. The van der Waals surface area contributed by atoms with Crippen LogP contribution in [0.1, 0.15) is 0 Å². The highest BCUT2D eigenvalue weighted by molar-refractivity contribution is 7.80. The van der Waals surface area contributed by atoms with Crippen molar-refractivity contribution in [1.82, 2.24) is 0 Å². The fraction of sp³-hybridized carbons (Fsp3) is 1.00. The number of hydrogen-bond acceptors (Lipinski definition) is 12. The summed E-state index contributed by atoms with van der Waals surface area (Å²) in [7, 11) is 0. The highest BCUT2D eigenvalue weighted by Crippen LogP contribution is 2.29. The van der Waals surface area contributed by atoms with Crippen LogP contribution in [-0.2, 0) is 18.9 Å². The molecule has 0 aromatic heterocycles. The van der Waals surface area contributed by atoms with Gasteiger partial charge in [-0.3, -0.25) is 0 Å². The molecule has 11 nitrogen and oxygen atoms in total. The SMILES string of the molecule is OCC1O[C@@H](OCCS)C(O)C(O[C@H]2OC(CO)[C@H](O)C(O)[C@@H]2O)[C@H]1O. The Labute approximate surface area is 155 Å². The van der Waals surface area contributed by atoms with E-state index in [1.54, 1.807) is 0 Å². The zero-order chi connectivity index (χ0) is 19.4. The maximum absolute atomic E-state index is 10.4. The maximum atomic E-state index is 10.4. The van der Waals surface area contributed by atoms with E-state index in [-0.39, 0.29) is 6.61 Å². The van der Waals surface area contributed by atoms with E-state index in [9.17, 15) is 35.7 Å². The monoisotopic (exact) mass is 402 g/mol. The van der Waals surface area contributed by atoms with Crippen LogP contribution in [0.5, 0.6) is 0 Å². The first-order valence-electron chi connectivity index (χ1n) is 8.16. The molecule has 2 heterocycles. The van der Waals surface area contributed by atoms with Gasteiger partial charge in [0.1, 0.15) is 48.8 Å². The molecule has 2 rings (SSSR count). The number of hydrogen-bond donors (Lipinski definition) is 8. The van der Waals surface area contributed by atoms with Gasteiger partial charge in [-0.25, -0.2) is 0 Å². The third-order valence-electron chi connectivity index (χ3n) is 4.33. The standard InChI is InChI=1S/C14H26O11S/c15-3-5-7(17)9(19)10(20)14(24-5)25-12-8(18)6(4-16)23-13(11(12)21)22-1-2-26/h5-21,26H,1-4H2/t5?,6?,7-,8-,9?,10-,11?,12?,13+,14+/m0/s1. The molecule has 0 amide bonds. The van der Waals surface area contributed by atoms with Crippen LogP contribution < -0.4 is 0 Å². The molecule has 7 N–H and O–H groups in total. The number of thiol groups is 1. The van der Waals surface area contributed by atoms with Gasteiger partial charge in [0.05, 0.1) is 19.8 Å². The molecule has 12 heteroatoms. The third kappa shape index (κ3) is 4.66. The quantitative estimate of drug-likeness (QED) is 0.193. The molecule has 10 atom stereocenters.